The minimum atomic E-state index is -0.657. The number of nitrogens with zero attached hydrogens (tertiary/aromatic N) is 1. The average molecular weight is 166 g/mol. The van der Waals surface area contributed by atoms with Crippen LogP contribution in [0.3, 0.4) is 0 Å². The van der Waals surface area contributed by atoms with Crippen LogP contribution in [0.2, 0.25) is 0 Å². The maximum Gasteiger partial charge on any atom is 0.282 e. The first-order chi connectivity index (χ1) is 5.70. The zero-order chi connectivity index (χ0) is 8.72. The van der Waals surface area contributed by atoms with Gasteiger partial charge < -0.3 is 0 Å². The molecular formula is C8H8NO3. The van der Waals surface area contributed by atoms with E-state index in [2.05, 4.69) is 0 Å². The van der Waals surface area contributed by atoms with Gasteiger partial charge in [0.05, 0.1) is 5.92 Å². The topological polar surface area (TPSA) is 57.3 Å². The molecule has 2 amide bonds. The number of fused-ring (bicyclic) bond motifs is 1. The molecule has 0 aromatic heterocycles. The van der Waals surface area contributed by atoms with Crippen LogP contribution < -0.4 is 0 Å². The first-order valence-electron chi connectivity index (χ1n) is 3.96. The van der Waals surface area contributed by atoms with E-state index in [1.165, 1.54) is 0 Å². The van der Waals surface area contributed by atoms with Crippen LogP contribution in [0.15, 0.2) is 11.6 Å². The Morgan fingerprint density at radius 2 is 2.17 bits per heavy atom. The van der Waals surface area contributed by atoms with Crippen molar-refractivity contribution in [2.45, 2.75) is 19.3 Å². The van der Waals surface area contributed by atoms with Crippen LogP contribution in [0.4, 0.5) is 0 Å². The molecule has 0 N–H and O–H groups in total. The lowest BCUT2D eigenvalue weighted by atomic mass is 9.86. The molecule has 1 aliphatic carbocycles. The van der Waals surface area contributed by atoms with Gasteiger partial charge in [-0.1, -0.05) is 11.3 Å². The Labute approximate surface area is 69.4 Å². The van der Waals surface area contributed by atoms with Crippen LogP contribution >= 0.6 is 0 Å². The number of hydroxylamine groups is 2. The van der Waals surface area contributed by atoms with E-state index in [1.54, 1.807) is 6.08 Å². The van der Waals surface area contributed by atoms with Gasteiger partial charge in [-0.15, -0.1) is 5.06 Å². The van der Waals surface area contributed by atoms with Gasteiger partial charge >= 0.3 is 0 Å². The Hall–Kier alpha value is -1.16. The molecule has 1 heterocycles. The summed E-state index contributed by atoms with van der Waals surface area (Å²) in [6, 6.07) is 0. The summed E-state index contributed by atoms with van der Waals surface area (Å²) in [6.45, 7) is 0. The zero-order valence-corrected chi connectivity index (χ0v) is 6.45. The minimum absolute atomic E-state index is 0.000833. The molecule has 1 unspecified atom stereocenters. The molecule has 2 rings (SSSR count). The molecule has 2 aliphatic rings. The van der Waals surface area contributed by atoms with Crippen LogP contribution in [0, 0.1) is 5.92 Å². The Balaban J connectivity index is 2.39. The molecule has 1 radical (unpaired) electrons. The lowest BCUT2D eigenvalue weighted by Gasteiger charge is -2.27. The molecule has 0 aromatic rings. The maximum atomic E-state index is 11.1. The molecular weight excluding hydrogens is 158 g/mol. The second kappa shape index (κ2) is 2.42. The van der Waals surface area contributed by atoms with E-state index in [9.17, 15) is 14.8 Å². The third-order valence-corrected chi connectivity index (χ3v) is 2.34. The van der Waals surface area contributed by atoms with Crippen molar-refractivity contribution >= 4 is 11.8 Å². The van der Waals surface area contributed by atoms with Gasteiger partial charge in [-0.2, -0.15) is 0 Å². The molecule has 0 aromatic carbocycles. The minimum Gasteiger partial charge on any atom is -0.271 e. The number of hydrogen-bond donors (Lipinski definition) is 0. The molecule has 0 saturated carbocycles. The van der Waals surface area contributed by atoms with Gasteiger partial charge in [0.15, 0.2) is 0 Å². The fourth-order valence-electron chi connectivity index (χ4n) is 1.68. The van der Waals surface area contributed by atoms with Crippen molar-refractivity contribution in [3.05, 3.63) is 11.6 Å². The molecule has 0 saturated heterocycles. The maximum absolute atomic E-state index is 11.1. The third-order valence-electron chi connectivity index (χ3n) is 2.34. The van der Waals surface area contributed by atoms with Crippen molar-refractivity contribution in [1.29, 1.82) is 0 Å². The largest absolute Gasteiger partial charge is 0.282 e. The molecule has 4 heteroatoms. The highest BCUT2D eigenvalue weighted by atomic mass is 16.5. The van der Waals surface area contributed by atoms with Crippen LogP contribution in [0.1, 0.15) is 19.3 Å². The fraction of sp³-hybridized carbons (Fsp3) is 0.500. The van der Waals surface area contributed by atoms with Crippen LogP contribution in [-0.2, 0) is 14.8 Å². The monoisotopic (exact) mass is 166 g/mol. The quantitative estimate of drug-likeness (QED) is 0.490. The van der Waals surface area contributed by atoms with E-state index < -0.39 is 11.8 Å². The Bertz CT molecular complexity index is 282. The van der Waals surface area contributed by atoms with Gasteiger partial charge in [0.25, 0.3) is 11.8 Å². The SMILES string of the molecule is [O]N1C(=O)C2=CC(CCC2)C1=O. The molecule has 4 nitrogen and oxygen atoms in total. The predicted octanol–water partition coefficient (Wildman–Crippen LogP) is 0.427. The number of carbonyl (C=O) groups excluding carboxylic acids is 2. The van der Waals surface area contributed by atoms with Crippen LogP contribution in [-0.4, -0.2) is 16.9 Å². The van der Waals surface area contributed by atoms with Gasteiger partial charge in [-0.25, -0.2) is 0 Å². The lowest BCUT2D eigenvalue weighted by molar-refractivity contribution is -0.197. The molecule has 63 valence electrons. The van der Waals surface area contributed by atoms with E-state index in [0.29, 0.717) is 18.4 Å². The van der Waals surface area contributed by atoms with Crippen molar-refractivity contribution in [1.82, 2.24) is 5.06 Å². The summed E-state index contributed by atoms with van der Waals surface area (Å²) in [6.07, 6.45) is 3.82. The van der Waals surface area contributed by atoms with Crippen molar-refractivity contribution < 1.29 is 14.8 Å². The summed E-state index contributed by atoms with van der Waals surface area (Å²) in [5.41, 5.74) is 0.515. The summed E-state index contributed by atoms with van der Waals surface area (Å²) < 4.78 is 0. The smallest absolute Gasteiger partial charge is 0.271 e. The van der Waals surface area contributed by atoms with Crippen LogP contribution in [0.5, 0.6) is 0 Å². The van der Waals surface area contributed by atoms with E-state index in [1.807, 2.05) is 0 Å². The van der Waals surface area contributed by atoms with Crippen molar-refractivity contribution in [2.24, 2.45) is 5.92 Å². The Morgan fingerprint density at radius 1 is 1.42 bits per heavy atom. The van der Waals surface area contributed by atoms with Gasteiger partial charge in [-0.3, -0.25) is 9.59 Å². The number of rotatable bonds is 0. The number of carbonyl (C=O) groups is 2. The van der Waals surface area contributed by atoms with Gasteiger partial charge in [0.1, 0.15) is 0 Å². The van der Waals surface area contributed by atoms with E-state index >= 15 is 0 Å². The molecule has 1 atom stereocenters. The lowest BCUT2D eigenvalue weighted by Crippen LogP contribution is -2.43. The van der Waals surface area contributed by atoms with Gasteiger partial charge in [-0.05, 0) is 19.3 Å². The third kappa shape index (κ3) is 0.881. The number of amides is 2. The van der Waals surface area contributed by atoms with Crippen molar-refractivity contribution in [3.63, 3.8) is 0 Å². The molecule has 2 bridgehead atoms. The second-order valence-corrected chi connectivity index (χ2v) is 3.13. The first kappa shape index (κ1) is 7.49. The normalized spacial score (nSPS) is 28.9. The zero-order valence-electron chi connectivity index (χ0n) is 6.45. The molecule has 1 aliphatic heterocycles. The van der Waals surface area contributed by atoms with E-state index in [-0.39, 0.29) is 11.0 Å². The van der Waals surface area contributed by atoms with Crippen molar-refractivity contribution in [2.75, 3.05) is 0 Å². The summed E-state index contributed by atoms with van der Waals surface area (Å²) >= 11 is 0. The molecule has 0 fully saturated rings. The number of hydrogen-bond acceptors (Lipinski definition) is 2. The highest BCUT2D eigenvalue weighted by molar-refractivity contribution is 6.07. The Kier molecular flexibility index (Phi) is 1.51. The average Bonchev–Trinajstić information content (AvgIpc) is 2.13. The predicted molar refractivity (Wildman–Crippen MR) is 38.0 cm³/mol. The fourth-order valence-corrected chi connectivity index (χ4v) is 1.68. The molecule has 0 spiro atoms. The number of imide groups is 1. The van der Waals surface area contributed by atoms with Gasteiger partial charge in [0.2, 0.25) is 0 Å². The Morgan fingerprint density at radius 3 is 2.92 bits per heavy atom. The van der Waals surface area contributed by atoms with Crippen molar-refractivity contribution in [3.8, 4) is 0 Å². The highest BCUT2D eigenvalue weighted by Gasteiger charge is 2.37. The highest BCUT2D eigenvalue weighted by Crippen LogP contribution is 2.29. The summed E-state index contributed by atoms with van der Waals surface area (Å²) in [4.78, 5) is 22.2. The van der Waals surface area contributed by atoms with E-state index in [4.69, 9.17) is 0 Å². The van der Waals surface area contributed by atoms with Crippen LogP contribution in [0.25, 0.3) is 0 Å². The summed E-state index contributed by atoms with van der Waals surface area (Å²) in [7, 11) is 0. The summed E-state index contributed by atoms with van der Waals surface area (Å²) in [5.74, 6) is -1.58. The van der Waals surface area contributed by atoms with Gasteiger partial charge in [0, 0.05) is 5.57 Å². The molecule has 12 heavy (non-hydrogen) atoms. The van der Waals surface area contributed by atoms with E-state index in [0.717, 1.165) is 6.42 Å². The summed E-state index contributed by atoms with van der Waals surface area (Å²) in [5, 5.41) is 10.9. The second-order valence-electron chi connectivity index (χ2n) is 3.13. The standard InChI is InChI=1S/C8H8NO3/c10-7-5-2-1-3-6(4-5)8(11)9(7)12/h4-5H,1-3H2. The first-order valence-corrected chi connectivity index (χ1v) is 3.96.